The lowest BCUT2D eigenvalue weighted by molar-refractivity contribution is -0.384. The van der Waals surface area contributed by atoms with Crippen molar-refractivity contribution in [2.24, 2.45) is 30.0 Å². The molecule has 35 heteroatoms. The van der Waals surface area contributed by atoms with Gasteiger partial charge in [0.1, 0.15) is 34.3 Å². The first-order chi connectivity index (χ1) is 66.1. The number of fused-ring (bicyclic) bond motifs is 6. The van der Waals surface area contributed by atoms with Crippen molar-refractivity contribution in [2.45, 2.75) is 48.5 Å². The number of nitrogens with zero attached hydrogens (tertiary/aromatic N) is 11. The molecule has 0 bridgehead atoms. The second-order valence-corrected chi connectivity index (χ2v) is 28.4. The topological polar surface area (TPSA) is 491 Å². The molecule has 0 fully saturated rings. The molecular weight excluding hydrogens is 1760 g/mol. The van der Waals surface area contributed by atoms with Gasteiger partial charge in [-0.15, -0.1) is 0 Å². The van der Waals surface area contributed by atoms with Crippen molar-refractivity contribution in [1.29, 1.82) is 0 Å². The van der Waals surface area contributed by atoms with Crippen LogP contribution in [0.25, 0.3) is 0 Å². The molecule has 35 nitrogen and oxygen atoms in total. The Balaban J connectivity index is 0.000000216. The van der Waals surface area contributed by atoms with E-state index in [1.807, 2.05) is 280 Å². The number of anilines is 6. The molecule has 0 spiro atoms. The minimum Gasteiger partial charge on any atom is -0.320 e. The Kier molecular flexibility index (Phi) is 41.1. The molecule has 0 saturated heterocycles. The van der Waals surface area contributed by atoms with E-state index in [2.05, 4.69) is 64.7 Å². The Hall–Kier alpha value is -19.2. The molecule has 137 heavy (non-hydrogen) atoms. The Morgan fingerprint density at radius 2 is 0.642 bits per heavy atom. The SMILES string of the molecule is CC(=O)N1C(=O)C(=Nc2ccccc2)c2ccccc21.CCN(CC)CN1C(=O)C(=Nc2ccccc2)c2ccccc21.Cc1cc([N+](=O)[O-])cc2c1NC(=O)C2=Nc1ccccc1.Cc1ccc2c(c1)C(=Nc1ccccc1)C(=O)N2.Cc1ccc2c(c1)C(=Nc1ccccc1)C(=O)N2.Cc1ccc2c(c1)C(=Nc1ccccc1)C(=O)N2C.O=C=O.O=C=O.O=C=O.O=C=O.O=C=O.O=C=O. The van der Waals surface area contributed by atoms with E-state index >= 15 is 0 Å². The lowest BCUT2D eigenvalue weighted by Crippen LogP contribution is -2.41. The van der Waals surface area contributed by atoms with Crippen molar-refractivity contribution in [3.63, 3.8) is 0 Å². The molecule has 18 rings (SSSR count). The van der Waals surface area contributed by atoms with E-state index < -0.39 is 4.92 Å². The standard InChI is InChI=1S/C19H21N3O.C16H12N2O2.C16H14N2O.C15H11N3O3.2C15H12N2O.6CO2/c1-3-21(4-2)14-22-17-13-9-8-12-16(17)18(19(22)23)20-15-10-6-5-7-11-15;1-11(19)18-14-10-6-5-9-13(14)15(16(18)20)17-12-7-3-2-4-8-12;1-11-8-9-14-13(10-11)15(16(19)18(14)2)17-12-6-4-3-5-7-12;1-9-7-11(18(20)21)8-12-13(9)17-15(19)14(12)16-10-5-3-2-4-6-10;2*1-10-7-8-13-12(9-10)14(15(18)17-13)16-11-5-3-2-4-6-11;6*2-1-3/h5-13H,3-4,14H2,1-2H3;2-10H,1H3;3-10H,1-2H3;2-8H,1H3,(H,16,17,19);2*2-9H,1H3,(H,16,17,18);;;;;;. The van der Waals surface area contributed by atoms with Gasteiger partial charge in [0.05, 0.1) is 79.8 Å². The molecule has 0 saturated carbocycles. The summed E-state index contributed by atoms with van der Waals surface area (Å²) in [7, 11) is 1.78. The first kappa shape index (κ1) is 105. The van der Waals surface area contributed by atoms with Crippen molar-refractivity contribution in [3.8, 4) is 0 Å². The highest BCUT2D eigenvalue weighted by atomic mass is 16.6. The number of carbonyl (C=O) groups is 7. The summed E-state index contributed by atoms with van der Waals surface area (Å²) in [5.74, 6) is -1.38. The zero-order valence-corrected chi connectivity index (χ0v) is 74.4. The number of rotatable bonds is 11. The van der Waals surface area contributed by atoms with Crippen LogP contribution in [0.4, 0.5) is 73.9 Å². The van der Waals surface area contributed by atoms with E-state index in [0.29, 0.717) is 74.7 Å². The van der Waals surface area contributed by atoms with E-state index in [4.69, 9.17) is 57.5 Å². The minimum absolute atomic E-state index is 0.0260. The van der Waals surface area contributed by atoms with Crippen LogP contribution >= 0.6 is 0 Å². The Morgan fingerprint density at radius 1 is 0.343 bits per heavy atom. The van der Waals surface area contributed by atoms with Crippen LogP contribution in [0, 0.1) is 37.8 Å². The normalized spacial score (nSPS) is 13.8. The molecule has 3 N–H and O–H groups in total. The molecule has 12 aromatic rings. The van der Waals surface area contributed by atoms with Gasteiger partial charge in [0, 0.05) is 59.5 Å². The highest BCUT2D eigenvalue weighted by Gasteiger charge is 2.38. The summed E-state index contributed by atoms with van der Waals surface area (Å²) < 4.78 is 0. The molecule has 12 aromatic carbocycles. The second-order valence-electron chi connectivity index (χ2n) is 28.4. The zero-order valence-electron chi connectivity index (χ0n) is 74.4. The van der Waals surface area contributed by atoms with Crippen LogP contribution in [-0.4, -0.2) is 149 Å². The van der Waals surface area contributed by atoms with E-state index in [-0.39, 0.29) is 89.7 Å². The summed E-state index contributed by atoms with van der Waals surface area (Å²) >= 11 is 0. The first-order valence-corrected chi connectivity index (χ1v) is 40.8. The number of aryl methyl sites for hydroxylation is 4. The van der Waals surface area contributed by atoms with Gasteiger partial charge in [-0.1, -0.05) is 194 Å². The van der Waals surface area contributed by atoms with Gasteiger partial charge in [-0.3, -0.25) is 53.5 Å². The van der Waals surface area contributed by atoms with Crippen LogP contribution < -0.4 is 30.7 Å². The predicted molar refractivity (Wildman–Crippen MR) is 503 cm³/mol. The third-order valence-corrected chi connectivity index (χ3v) is 19.5. The fraction of sp³-hybridized carbons (Fsp3) is 0.108. The van der Waals surface area contributed by atoms with Crippen LogP contribution in [0.2, 0.25) is 0 Å². The number of amides is 7. The highest BCUT2D eigenvalue weighted by Crippen LogP contribution is 2.37. The Bertz CT molecular complexity index is 6600. The number of non-ortho nitro benzene ring substituents is 1. The zero-order chi connectivity index (χ0) is 100. The summed E-state index contributed by atoms with van der Waals surface area (Å²) in [5.41, 5.74) is 20.4. The molecule has 686 valence electrons. The van der Waals surface area contributed by atoms with Gasteiger partial charge >= 0.3 is 36.9 Å². The van der Waals surface area contributed by atoms with Gasteiger partial charge in [-0.25, -0.2) is 34.9 Å². The van der Waals surface area contributed by atoms with Crippen LogP contribution in [0.3, 0.4) is 0 Å². The highest BCUT2D eigenvalue weighted by molar-refractivity contribution is 6.59. The molecule has 6 aliphatic heterocycles. The molecule has 6 aliphatic rings. The van der Waals surface area contributed by atoms with Crippen LogP contribution in [0.5, 0.6) is 0 Å². The number of hydrogen-bond donors (Lipinski definition) is 3. The van der Waals surface area contributed by atoms with Crippen molar-refractivity contribution < 1.29 is 96.0 Å². The maximum Gasteiger partial charge on any atom is 0.373 e. The van der Waals surface area contributed by atoms with E-state index in [0.717, 1.165) is 102 Å². The quantitative estimate of drug-likeness (QED) is 0.0799. The number of likely N-dealkylation sites (N-methyl/N-ethyl adjacent to an activating group) is 1. The number of hydrogen-bond acceptors (Lipinski definition) is 28. The van der Waals surface area contributed by atoms with Gasteiger partial charge < -0.3 is 20.9 Å². The monoisotopic (exact) mass is 1840 g/mol. The number of nitro benzene ring substituents is 1. The van der Waals surface area contributed by atoms with Gasteiger partial charge in [0.15, 0.2) is 0 Å². The number of benzene rings is 12. The number of nitro groups is 1. The first-order valence-electron chi connectivity index (χ1n) is 40.8. The van der Waals surface area contributed by atoms with Gasteiger partial charge in [0.25, 0.3) is 41.1 Å². The predicted octanol–water partition coefficient (Wildman–Crippen LogP) is 14.9. The maximum absolute atomic E-state index is 12.9. The molecule has 0 atom stereocenters. The summed E-state index contributed by atoms with van der Waals surface area (Å²) in [4.78, 5) is 227. The number of carbonyl (C=O) groups excluding carboxylic acids is 19. The fourth-order valence-electron chi connectivity index (χ4n) is 13.6. The van der Waals surface area contributed by atoms with Gasteiger partial charge in [0.2, 0.25) is 5.91 Å². The van der Waals surface area contributed by atoms with Crippen LogP contribution in [0.1, 0.15) is 76.4 Å². The number of nitrogens with one attached hydrogen (secondary N) is 3. The Morgan fingerprint density at radius 3 is 1.00 bits per heavy atom. The average molecular weight is 1840 g/mol. The molecular formula is C102H82N14O21. The molecule has 0 aromatic heterocycles. The molecule has 0 aliphatic carbocycles. The molecule has 0 unspecified atom stereocenters. The van der Waals surface area contributed by atoms with E-state index in [1.165, 1.54) is 19.1 Å². The van der Waals surface area contributed by atoms with Crippen molar-refractivity contribution >= 4 is 186 Å². The van der Waals surface area contributed by atoms with Crippen LogP contribution in [0.15, 0.2) is 327 Å². The maximum atomic E-state index is 12.9. The van der Waals surface area contributed by atoms with Crippen molar-refractivity contribution in [1.82, 2.24) is 4.90 Å². The smallest absolute Gasteiger partial charge is 0.320 e. The fourth-order valence-corrected chi connectivity index (χ4v) is 13.6. The molecule has 0 radical (unpaired) electrons. The van der Waals surface area contributed by atoms with E-state index in [9.17, 15) is 43.7 Å². The lowest BCUT2D eigenvalue weighted by Gasteiger charge is -2.25. The molecule has 6 heterocycles. The lowest BCUT2D eigenvalue weighted by atomic mass is 10.1. The minimum atomic E-state index is -0.476. The van der Waals surface area contributed by atoms with Gasteiger partial charge in [-0.05, 0) is 168 Å². The summed E-state index contributed by atoms with van der Waals surface area (Å²) in [6.07, 6.45) is 1.50. The number of aliphatic imine (C=N–C) groups is 6. The average Bonchev–Trinajstić information content (AvgIpc) is 1.60. The van der Waals surface area contributed by atoms with Crippen molar-refractivity contribution in [3.05, 3.63) is 363 Å². The summed E-state index contributed by atoms with van der Waals surface area (Å²) in [6.45, 7) is 15.7. The second kappa shape index (κ2) is 53.7. The Labute approximate surface area is 782 Å². The number of para-hydroxylation sites is 8. The third kappa shape index (κ3) is 29.1. The largest absolute Gasteiger partial charge is 0.373 e. The van der Waals surface area contributed by atoms with E-state index in [1.54, 1.807) is 49.2 Å². The van der Waals surface area contributed by atoms with Crippen LogP contribution in [-0.2, 0) is 91.1 Å². The van der Waals surface area contributed by atoms with Crippen molar-refractivity contribution in [2.75, 3.05) is 57.5 Å². The van der Waals surface area contributed by atoms with Gasteiger partial charge in [-0.2, -0.15) is 57.5 Å². The summed E-state index contributed by atoms with van der Waals surface area (Å²) in [6, 6.07) is 92.0. The third-order valence-electron chi connectivity index (χ3n) is 19.5. The number of imide groups is 1. The summed E-state index contributed by atoms with van der Waals surface area (Å²) in [5, 5.41) is 19.3. The molecule has 7 amide bonds.